The molecule has 0 radical (unpaired) electrons. The second-order valence-electron chi connectivity index (χ2n) is 4.67. The maximum Gasteiger partial charge on any atom is 0.372 e. The van der Waals surface area contributed by atoms with Crippen LogP contribution in [0.15, 0.2) is 34.1 Å². The van der Waals surface area contributed by atoms with E-state index in [9.17, 15) is 9.90 Å². The Bertz CT molecular complexity index is 791. The molecule has 2 aromatic heterocycles. The summed E-state index contributed by atoms with van der Waals surface area (Å²) in [5.41, 5.74) is 2.23. The highest BCUT2D eigenvalue weighted by Crippen LogP contribution is 2.25. The molecule has 0 bridgehead atoms. The first-order valence-electron chi connectivity index (χ1n) is 6.50. The second kappa shape index (κ2) is 5.67. The first-order valence-corrected chi connectivity index (χ1v) is 7.38. The van der Waals surface area contributed by atoms with Crippen molar-refractivity contribution in [3.8, 4) is 0 Å². The van der Waals surface area contributed by atoms with Crippen LogP contribution in [0.1, 0.15) is 26.8 Å². The van der Waals surface area contributed by atoms with E-state index in [0.717, 1.165) is 16.1 Å². The van der Waals surface area contributed by atoms with Crippen molar-refractivity contribution >= 4 is 28.3 Å². The molecule has 0 fully saturated rings. The molecule has 0 unspecified atom stereocenters. The standard InChI is InChI=1S/C15H14N2O3S/c1-9-17-10(8-21-9)6-16-7-12-11-4-2-3-5-13(11)20-14(12)15(18)19/h2-5,8,16H,6-7H2,1H3,(H,18,19). The lowest BCUT2D eigenvalue weighted by Crippen LogP contribution is -2.14. The van der Waals surface area contributed by atoms with Gasteiger partial charge < -0.3 is 14.8 Å². The highest BCUT2D eigenvalue weighted by molar-refractivity contribution is 7.09. The number of hydrogen-bond donors (Lipinski definition) is 2. The zero-order chi connectivity index (χ0) is 14.8. The average molecular weight is 302 g/mol. The third-order valence-corrected chi connectivity index (χ3v) is 3.99. The number of fused-ring (bicyclic) bond motifs is 1. The number of aromatic carboxylic acids is 1. The van der Waals surface area contributed by atoms with E-state index >= 15 is 0 Å². The van der Waals surface area contributed by atoms with Crippen molar-refractivity contribution in [2.45, 2.75) is 20.0 Å². The Morgan fingerprint density at radius 1 is 1.38 bits per heavy atom. The number of nitrogens with one attached hydrogen (secondary N) is 1. The van der Waals surface area contributed by atoms with Crippen LogP contribution in [0.2, 0.25) is 0 Å². The van der Waals surface area contributed by atoms with Gasteiger partial charge in [0.15, 0.2) is 0 Å². The van der Waals surface area contributed by atoms with Gasteiger partial charge in [0.1, 0.15) is 5.58 Å². The summed E-state index contributed by atoms with van der Waals surface area (Å²) in [7, 11) is 0. The van der Waals surface area contributed by atoms with E-state index in [1.165, 1.54) is 0 Å². The summed E-state index contributed by atoms with van der Waals surface area (Å²) >= 11 is 1.60. The van der Waals surface area contributed by atoms with Crippen LogP contribution >= 0.6 is 11.3 Å². The largest absolute Gasteiger partial charge is 0.475 e. The first-order chi connectivity index (χ1) is 10.1. The number of furan rings is 1. The molecule has 0 spiro atoms. The van der Waals surface area contributed by atoms with Crippen molar-refractivity contribution in [2.75, 3.05) is 0 Å². The number of benzene rings is 1. The highest BCUT2D eigenvalue weighted by Gasteiger charge is 2.19. The summed E-state index contributed by atoms with van der Waals surface area (Å²) in [5, 5.41) is 16.3. The lowest BCUT2D eigenvalue weighted by Gasteiger charge is -2.02. The molecule has 0 aliphatic heterocycles. The molecule has 108 valence electrons. The lowest BCUT2D eigenvalue weighted by atomic mass is 10.1. The molecule has 3 rings (SSSR count). The molecule has 1 aromatic carbocycles. The number of carboxylic acids is 1. The molecule has 0 aliphatic rings. The first kappa shape index (κ1) is 13.8. The van der Waals surface area contributed by atoms with Gasteiger partial charge in [0.2, 0.25) is 5.76 Å². The monoisotopic (exact) mass is 302 g/mol. The Morgan fingerprint density at radius 2 is 2.19 bits per heavy atom. The quantitative estimate of drug-likeness (QED) is 0.757. The normalized spacial score (nSPS) is 11.1. The van der Waals surface area contributed by atoms with E-state index in [2.05, 4.69) is 10.3 Å². The van der Waals surface area contributed by atoms with Gasteiger partial charge in [-0.3, -0.25) is 0 Å². The minimum atomic E-state index is -1.05. The topological polar surface area (TPSA) is 75.4 Å². The minimum Gasteiger partial charge on any atom is -0.475 e. The zero-order valence-electron chi connectivity index (χ0n) is 11.4. The smallest absolute Gasteiger partial charge is 0.372 e. The number of para-hydroxylation sites is 1. The zero-order valence-corrected chi connectivity index (χ0v) is 12.2. The number of carboxylic acid groups (broad SMARTS) is 1. The molecule has 0 aliphatic carbocycles. The number of nitrogens with zero attached hydrogens (tertiary/aromatic N) is 1. The number of aryl methyl sites for hydroxylation is 1. The van der Waals surface area contributed by atoms with Crippen molar-refractivity contribution in [3.05, 3.63) is 51.7 Å². The Kier molecular flexibility index (Phi) is 3.72. The van der Waals surface area contributed by atoms with Crippen molar-refractivity contribution in [2.24, 2.45) is 0 Å². The van der Waals surface area contributed by atoms with Gasteiger partial charge in [0.25, 0.3) is 0 Å². The summed E-state index contributed by atoms with van der Waals surface area (Å²) in [6.45, 7) is 2.98. The second-order valence-corrected chi connectivity index (χ2v) is 5.73. The van der Waals surface area contributed by atoms with Crippen LogP contribution in [-0.2, 0) is 13.1 Å². The van der Waals surface area contributed by atoms with Crippen LogP contribution in [-0.4, -0.2) is 16.1 Å². The Hall–Kier alpha value is -2.18. The summed E-state index contributed by atoms with van der Waals surface area (Å²) in [6.07, 6.45) is 0. The predicted molar refractivity (Wildman–Crippen MR) is 80.6 cm³/mol. The van der Waals surface area contributed by atoms with E-state index in [1.807, 2.05) is 30.5 Å². The van der Waals surface area contributed by atoms with Gasteiger partial charge >= 0.3 is 5.97 Å². The van der Waals surface area contributed by atoms with Crippen LogP contribution in [0.25, 0.3) is 11.0 Å². The van der Waals surface area contributed by atoms with Crippen molar-refractivity contribution < 1.29 is 14.3 Å². The van der Waals surface area contributed by atoms with Crippen molar-refractivity contribution in [1.82, 2.24) is 10.3 Å². The van der Waals surface area contributed by atoms with E-state index in [4.69, 9.17) is 4.42 Å². The molecule has 0 saturated heterocycles. The van der Waals surface area contributed by atoms with Gasteiger partial charge in [0, 0.05) is 29.4 Å². The Labute approximate surface area is 125 Å². The molecular formula is C15H14N2O3S. The summed E-state index contributed by atoms with van der Waals surface area (Å²) < 4.78 is 5.41. The van der Waals surface area contributed by atoms with Crippen molar-refractivity contribution in [1.29, 1.82) is 0 Å². The number of rotatable bonds is 5. The van der Waals surface area contributed by atoms with E-state index in [-0.39, 0.29) is 5.76 Å². The van der Waals surface area contributed by atoms with Gasteiger partial charge in [-0.1, -0.05) is 18.2 Å². The lowest BCUT2D eigenvalue weighted by molar-refractivity contribution is 0.0663. The summed E-state index contributed by atoms with van der Waals surface area (Å²) in [4.78, 5) is 15.7. The third-order valence-electron chi connectivity index (χ3n) is 3.17. The van der Waals surface area contributed by atoms with Crippen molar-refractivity contribution in [3.63, 3.8) is 0 Å². The third kappa shape index (κ3) is 2.81. The van der Waals surface area contributed by atoms with Crippen LogP contribution in [0.5, 0.6) is 0 Å². The molecule has 5 nitrogen and oxygen atoms in total. The number of aromatic nitrogens is 1. The van der Waals surface area contributed by atoms with Crippen LogP contribution in [0.4, 0.5) is 0 Å². The number of hydrogen-bond acceptors (Lipinski definition) is 5. The Balaban J connectivity index is 1.82. The van der Waals surface area contributed by atoms with Crippen LogP contribution < -0.4 is 5.32 Å². The predicted octanol–water partition coefficient (Wildman–Crippen LogP) is 3.19. The molecule has 0 saturated carbocycles. The SMILES string of the molecule is Cc1nc(CNCc2c(C(=O)O)oc3ccccc23)cs1. The van der Waals surface area contributed by atoms with Gasteiger partial charge in [-0.25, -0.2) is 9.78 Å². The molecule has 6 heteroatoms. The molecular weight excluding hydrogens is 288 g/mol. The fraction of sp³-hybridized carbons (Fsp3) is 0.200. The van der Waals surface area contributed by atoms with E-state index in [1.54, 1.807) is 17.4 Å². The molecule has 2 heterocycles. The maximum absolute atomic E-state index is 11.3. The van der Waals surface area contributed by atoms with Crippen LogP contribution in [0.3, 0.4) is 0 Å². The maximum atomic E-state index is 11.3. The van der Waals surface area contributed by atoms with E-state index in [0.29, 0.717) is 24.2 Å². The molecule has 2 N–H and O–H groups in total. The average Bonchev–Trinajstić information content (AvgIpc) is 3.03. The van der Waals surface area contributed by atoms with Gasteiger partial charge in [-0.15, -0.1) is 11.3 Å². The molecule has 0 amide bonds. The highest BCUT2D eigenvalue weighted by atomic mass is 32.1. The molecule has 3 aromatic rings. The van der Waals surface area contributed by atoms with Gasteiger partial charge in [0.05, 0.1) is 10.7 Å². The molecule has 0 atom stereocenters. The summed E-state index contributed by atoms with van der Waals surface area (Å²) in [6, 6.07) is 7.34. The number of carbonyl (C=O) groups is 1. The van der Waals surface area contributed by atoms with Crippen LogP contribution in [0, 0.1) is 6.92 Å². The minimum absolute atomic E-state index is 0.00171. The van der Waals surface area contributed by atoms with Gasteiger partial charge in [-0.05, 0) is 13.0 Å². The Morgan fingerprint density at radius 3 is 2.90 bits per heavy atom. The van der Waals surface area contributed by atoms with Gasteiger partial charge in [-0.2, -0.15) is 0 Å². The molecule has 21 heavy (non-hydrogen) atoms. The fourth-order valence-corrected chi connectivity index (χ4v) is 2.86. The van der Waals surface area contributed by atoms with E-state index < -0.39 is 5.97 Å². The fourth-order valence-electron chi connectivity index (χ4n) is 2.25. The number of thiazole rings is 1. The summed E-state index contributed by atoms with van der Waals surface area (Å²) in [5.74, 6) is -1.05.